The third-order valence-corrected chi connectivity index (χ3v) is 4.59. The van der Waals surface area contributed by atoms with E-state index in [-0.39, 0.29) is 12.0 Å². The van der Waals surface area contributed by atoms with Crippen LogP contribution in [0.25, 0.3) is 0 Å². The van der Waals surface area contributed by atoms with Crippen molar-refractivity contribution in [2.75, 3.05) is 39.5 Å². The fourth-order valence-corrected chi connectivity index (χ4v) is 3.36. The van der Waals surface area contributed by atoms with Gasteiger partial charge in [-0.2, -0.15) is 0 Å². The number of ether oxygens (including phenoxy) is 2. The molecule has 2 aliphatic rings. The first-order valence-electron chi connectivity index (χ1n) is 7.45. The van der Waals surface area contributed by atoms with Crippen LogP contribution < -0.4 is 5.32 Å². The monoisotopic (exact) mass is 311 g/mol. The van der Waals surface area contributed by atoms with Gasteiger partial charge in [0.25, 0.3) is 5.91 Å². The van der Waals surface area contributed by atoms with Crippen LogP contribution in [-0.4, -0.2) is 61.3 Å². The van der Waals surface area contributed by atoms with Crippen LogP contribution in [0, 0.1) is 0 Å². The zero-order chi connectivity index (χ0) is 14.5. The number of hydrogen-bond acceptors (Lipinski definition) is 6. The first-order valence-corrected chi connectivity index (χ1v) is 8.33. The molecule has 2 saturated heterocycles. The molecule has 0 saturated carbocycles. The normalized spacial score (nSPS) is 23.3. The van der Waals surface area contributed by atoms with Crippen LogP contribution in [0.15, 0.2) is 5.38 Å². The van der Waals surface area contributed by atoms with Gasteiger partial charge in [-0.15, -0.1) is 11.3 Å². The largest absolute Gasteiger partial charge is 0.379 e. The molecule has 0 radical (unpaired) electrons. The minimum Gasteiger partial charge on any atom is -0.379 e. The zero-order valence-corrected chi connectivity index (χ0v) is 12.9. The molecular weight excluding hydrogens is 290 g/mol. The van der Waals surface area contributed by atoms with Gasteiger partial charge in [0.2, 0.25) is 0 Å². The molecule has 1 amide bonds. The average Bonchev–Trinajstić information content (AvgIpc) is 3.17. The van der Waals surface area contributed by atoms with Crippen molar-refractivity contribution in [3.05, 3.63) is 16.1 Å². The molecule has 7 heteroatoms. The second-order valence-electron chi connectivity index (χ2n) is 5.36. The minimum atomic E-state index is -0.102. The van der Waals surface area contributed by atoms with E-state index >= 15 is 0 Å². The van der Waals surface area contributed by atoms with Gasteiger partial charge in [-0.3, -0.25) is 9.69 Å². The average molecular weight is 311 g/mol. The lowest BCUT2D eigenvalue weighted by Gasteiger charge is -2.25. The lowest BCUT2D eigenvalue weighted by Crippen LogP contribution is -2.35. The molecule has 0 aromatic carbocycles. The third kappa shape index (κ3) is 4.23. The molecule has 1 aromatic heterocycles. The van der Waals surface area contributed by atoms with Gasteiger partial charge >= 0.3 is 0 Å². The highest BCUT2D eigenvalue weighted by Crippen LogP contribution is 2.14. The Morgan fingerprint density at radius 2 is 2.29 bits per heavy atom. The van der Waals surface area contributed by atoms with Crippen molar-refractivity contribution < 1.29 is 14.3 Å². The number of morpholine rings is 1. The van der Waals surface area contributed by atoms with E-state index in [1.807, 2.05) is 5.38 Å². The van der Waals surface area contributed by atoms with E-state index in [0.717, 1.165) is 57.3 Å². The van der Waals surface area contributed by atoms with E-state index in [1.54, 1.807) is 11.3 Å². The molecule has 1 aromatic rings. The molecule has 21 heavy (non-hydrogen) atoms. The van der Waals surface area contributed by atoms with E-state index in [1.165, 1.54) is 0 Å². The molecule has 0 spiro atoms. The first-order chi connectivity index (χ1) is 10.3. The Morgan fingerprint density at radius 1 is 1.43 bits per heavy atom. The summed E-state index contributed by atoms with van der Waals surface area (Å²) in [5.41, 5.74) is 0.515. The Balaban J connectivity index is 1.47. The summed E-state index contributed by atoms with van der Waals surface area (Å²) in [4.78, 5) is 18.8. The molecular formula is C14H21N3O3S. The molecule has 0 bridgehead atoms. The summed E-state index contributed by atoms with van der Waals surface area (Å²) in [6.45, 7) is 5.60. The maximum Gasteiger partial charge on any atom is 0.270 e. The van der Waals surface area contributed by atoms with Crippen molar-refractivity contribution in [2.24, 2.45) is 0 Å². The first kappa shape index (κ1) is 14.9. The molecule has 2 fully saturated rings. The molecule has 3 rings (SSSR count). The standard InChI is InChI=1S/C14H21N3O3S/c18-14(15-8-11-2-1-5-20-11)12-10-21-13(16-12)9-17-3-6-19-7-4-17/h10-11H,1-9H2,(H,15,18). The Labute approximate surface area is 128 Å². The van der Waals surface area contributed by atoms with E-state index < -0.39 is 0 Å². The predicted molar refractivity (Wildman–Crippen MR) is 79.5 cm³/mol. The zero-order valence-electron chi connectivity index (χ0n) is 12.0. The number of thiazole rings is 1. The quantitative estimate of drug-likeness (QED) is 0.875. The predicted octanol–water partition coefficient (Wildman–Crippen LogP) is 0.884. The van der Waals surface area contributed by atoms with Gasteiger partial charge in [0, 0.05) is 31.6 Å². The van der Waals surface area contributed by atoms with Gasteiger partial charge in [-0.05, 0) is 12.8 Å². The summed E-state index contributed by atoms with van der Waals surface area (Å²) in [6.07, 6.45) is 2.28. The Kier molecular flexibility index (Phi) is 5.18. The second kappa shape index (κ2) is 7.31. The molecule has 2 aliphatic heterocycles. The molecule has 1 unspecified atom stereocenters. The highest BCUT2D eigenvalue weighted by atomic mass is 32.1. The molecule has 1 atom stereocenters. The highest BCUT2D eigenvalue weighted by Gasteiger charge is 2.18. The van der Waals surface area contributed by atoms with Crippen LogP contribution in [0.5, 0.6) is 0 Å². The van der Waals surface area contributed by atoms with Crippen LogP contribution >= 0.6 is 11.3 Å². The molecule has 1 N–H and O–H groups in total. The maximum atomic E-state index is 12.1. The van der Waals surface area contributed by atoms with Crippen molar-refractivity contribution in [1.82, 2.24) is 15.2 Å². The van der Waals surface area contributed by atoms with E-state index in [0.29, 0.717) is 12.2 Å². The van der Waals surface area contributed by atoms with Gasteiger partial charge < -0.3 is 14.8 Å². The summed E-state index contributed by atoms with van der Waals surface area (Å²) in [7, 11) is 0. The molecule has 3 heterocycles. The van der Waals surface area contributed by atoms with Crippen molar-refractivity contribution >= 4 is 17.2 Å². The number of amides is 1. The lowest BCUT2D eigenvalue weighted by molar-refractivity contribution is 0.0341. The summed E-state index contributed by atoms with van der Waals surface area (Å²) in [5.74, 6) is -0.102. The van der Waals surface area contributed by atoms with Crippen molar-refractivity contribution in [1.29, 1.82) is 0 Å². The molecule has 6 nitrogen and oxygen atoms in total. The molecule has 116 valence electrons. The number of carbonyl (C=O) groups excluding carboxylic acids is 1. The Bertz CT molecular complexity index is 468. The summed E-state index contributed by atoms with van der Waals surface area (Å²) in [5, 5.41) is 5.72. The van der Waals surface area contributed by atoms with Crippen molar-refractivity contribution in [2.45, 2.75) is 25.5 Å². The smallest absolute Gasteiger partial charge is 0.270 e. The summed E-state index contributed by atoms with van der Waals surface area (Å²) in [6, 6.07) is 0. The number of hydrogen-bond donors (Lipinski definition) is 1. The second-order valence-corrected chi connectivity index (χ2v) is 6.30. The summed E-state index contributed by atoms with van der Waals surface area (Å²) < 4.78 is 10.8. The number of aromatic nitrogens is 1. The van der Waals surface area contributed by atoms with E-state index in [9.17, 15) is 4.79 Å². The van der Waals surface area contributed by atoms with Crippen LogP contribution in [0.1, 0.15) is 28.3 Å². The van der Waals surface area contributed by atoms with Crippen LogP contribution in [0.2, 0.25) is 0 Å². The van der Waals surface area contributed by atoms with Gasteiger partial charge in [0.1, 0.15) is 10.7 Å². The van der Waals surface area contributed by atoms with Crippen LogP contribution in [0.4, 0.5) is 0 Å². The third-order valence-electron chi connectivity index (χ3n) is 3.76. The topological polar surface area (TPSA) is 63.7 Å². The van der Waals surface area contributed by atoms with Gasteiger partial charge in [0.15, 0.2) is 0 Å². The van der Waals surface area contributed by atoms with Gasteiger partial charge in [-0.1, -0.05) is 0 Å². The van der Waals surface area contributed by atoms with Crippen molar-refractivity contribution in [3.63, 3.8) is 0 Å². The minimum absolute atomic E-state index is 0.102. The lowest BCUT2D eigenvalue weighted by atomic mass is 10.2. The fraction of sp³-hybridized carbons (Fsp3) is 0.714. The Hall–Kier alpha value is -1.02. The number of rotatable bonds is 5. The Morgan fingerprint density at radius 3 is 3.05 bits per heavy atom. The maximum absolute atomic E-state index is 12.1. The summed E-state index contributed by atoms with van der Waals surface area (Å²) >= 11 is 1.54. The highest BCUT2D eigenvalue weighted by molar-refractivity contribution is 7.09. The van der Waals surface area contributed by atoms with Crippen LogP contribution in [0.3, 0.4) is 0 Å². The number of nitrogens with zero attached hydrogens (tertiary/aromatic N) is 2. The SMILES string of the molecule is O=C(NCC1CCCO1)c1csc(CN2CCOCC2)n1. The molecule has 0 aliphatic carbocycles. The van der Waals surface area contributed by atoms with Gasteiger partial charge in [0.05, 0.1) is 25.9 Å². The van der Waals surface area contributed by atoms with E-state index in [2.05, 4.69) is 15.2 Å². The van der Waals surface area contributed by atoms with Gasteiger partial charge in [-0.25, -0.2) is 4.98 Å². The number of carbonyl (C=O) groups is 1. The van der Waals surface area contributed by atoms with Crippen LogP contribution in [-0.2, 0) is 16.0 Å². The number of nitrogens with one attached hydrogen (secondary N) is 1. The van der Waals surface area contributed by atoms with Crippen molar-refractivity contribution in [3.8, 4) is 0 Å². The fourth-order valence-electron chi connectivity index (χ4n) is 2.54. The van der Waals surface area contributed by atoms with E-state index in [4.69, 9.17) is 9.47 Å².